The lowest BCUT2D eigenvalue weighted by molar-refractivity contribution is 0.429. The monoisotopic (exact) mass is 279 g/mol. The average molecular weight is 279 g/mol. The van der Waals surface area contributed by atoms with Crippen molar-refractivity contribution in [3.05, 3.63) is 72.2 Å². The van der Waals surface area contributed by atoms with Gasteiger partial charge >= 0.3 is 0 Å². The smallest absolute Gasteiger partial charge is 0.105 e. The first-order valence-electron chi connectivity index (χ1n) is 7.49. The van der Waals surface area contributed by atoms with Crippen LogP contribution in [0.1, 0.15) is 31.2 Å². The molecule has 3 rings (SSSR count). The summed E-state index contributed by atoms with van der Waals surface area (Å²) >= 11 is 0. The molecule has 21 heavy (non-hydrogen) atoms. The second kappa shape index (κ2) is 6.15. The average Bonchev–Trinajstić information content (AvgIpc) is 2.99. The van der Waals surface area contributed by atoms with E-state index >= 15 is 0 Å². The van der Waals surface area contributed by atoms with Gasteiger partial charge in [0.25, 0.3) is 0 Å². The van der Waals surface area contributed by atoms with Gasteiger partial charge in [0.15, 0.2) is 0 Å². The predicted octanol–water partition coefficient (Wildman–Crippen LogP) is 4.71. The number of furan rings is 1. The molecule has 1 aromatic heterocycles. The van der Waals surface area contributed by atoms with Gasteiger partial charge in [0.05, 0.1) is 6.26 Å². The van der Waals surface area contributed by atoms with Crippen LogP contribution < -0.4 is 5.32 Å². The molecular weight excluding hydrogens is 258 g/mol. The first-order valence-corrected chi connectivity index (χ1v) is 7.49. The number of benzene rings is 2. The summed E-state index contributed by atoms with van der Waals surface area (Å²) in [5, 5.41) is 6.22. The first-order chi connectivity index (χ1) is 10.2. The van der Waals surface area contributed by atoms with E-state index in [-0.39, 0.29) is 0 Å². The van der Waals surface area contributed by atoms with E-state index in [1.165, 1.54) is 16.3 Å². The number of rotatable bonds is 5. The summed E-state index contributed by atoms with van der Waals surface area (Å²) in [5.41, 5.74) is 1.32. The zero-order valence-corrected chi connectivity index (χ0v) is 12.5. The molecule has 2 heteroatoms. The van der Waals surface area contributed by atoms with Crippen LogP contribution in [-0.4, -0.2) is 6.04 Å². The van der Waals surface area contributed by atoms with Gasteiger partial charge in [0, 0.05) is 18.5 Å². The fraction of sp³-hybridized carbons (Fsp3) is 0.263. The molecular formula is C19H21NO. The molecule has 0 spiro atoms. The highest BCUT2D eigenvalue weighted by atomic mass is 16.3. The van der Waals surface area contributed by atoms with E-state index in [9.17, 15) is 0 Å². The molecule has 2 atom stereocenters. The lowest BCUT2D eigenvalue weighted by atomic mass is 10.0. The van der Waals surface area contributed by atoms with E-state index in [0.29, 0.717) is 12.1 Å². The lowest BCUT2D eigenvalue weighted by Crippen LogP contribution is -2.30. The van der Waals surface area contributed by atoms with Gasteiger partial charge in [-0.05, 0) is 48.4 Å². The Labute approximate surface area is 125 Å². The Morgan fingerprint density at radius 1 is 0.952 bits per heavy atom. The van der Waals surface area contributed by atoms with E-state index in [1.54, 1.807) is 6.26 Å². The standard InChI is InChI=1S/C19H21NO/c1-14(12-19-8-5-11-21-19)20-15(2)17-10-9-16-6-3-4-7-18(16)13-17/h3-11,13-15,20H,12H2,1-2H3. The molecule has 0 aliphatic rings. The van der Waals surface area contributed by atoms with Gasteiger partial charge in [-0.15, -0.1) is 0 Å². The van der Waals surface area contributed by atoms with E-state index in [4.69, 9.17) is 4.42 Å². The minimum Gasteiger partial charge on any atom is -0.469 e. The summed E-state index contributed by atoms with van der Waals surface area (Å²) in [7, 11) is 0. The fourth-order valence-electron chi connectivity index (χ4n) is 2.79. The third kappa shape index (κ3) is 3.34. The maximum absolute atomic E-state index is 5.41. The second-order valence-electron chi connectivity index (χ2n) is 5.68. The molecule has 1 heterocycles. The number of fused-ring (bicyclic) bond motifs is 1. The van der Waals surface area contributed by atoms with Crippen molar-refractivity contribution >= 4 is 10.8 Å². The first kappa shape index (κ1) is 13.9. The van der Waals surface area contributed by atoms with Crippen LogP contribution >= 0.6 is 0 Å². The molecule has 0 amide bonds. The summed E-state index contributed by atoms with van der Waals surface area (Å²) < 4.78 is 5.41. The van der Waals surface area contributed by atoms with E-state index < -0.39 is 0 Å². The van der Waals surface area contributed by atoms with Gasteiger partial charge in [0.1, 0.15) is 5.76 Å². The van der Waals surface area contributed by atoms with Crippen LogP contribution in [-0.2, 0) is 6.42 Å². The van der Waals surface area contributed by atoms with E-state index in [1.807, 2.05) is 12.1 Å². The SMILES string of the molecule is CC(Cc1ccco1)NC(C)c1ccc2ccccc2c1. The summed E-state index contributed by atoms with van der Waals surface area (Å²) in [6.45, 7) is 4.41. The van der Waals surface area contributed by atoms with Gasteiger partial charge in [-0.1, -0.05) is 36.4 Å². The summed E-state index contributed by atoms with van der Waals surface area (Å²) in [5.74, 6) is 1.03. The molecule has 0 bridgehead atoms. The van der Waals surface area contributed by atoms with E-state index in [0.717, 1.165) is 12.2 Å². The summed E-state index contributed by atoms with van der Waals surface area (Å²) in [4.78, 5) is 0. The molecule has 0 fully saturated rings. The van der Waals surface area contributed by atoms with Crippen LogP contribution in [0.25, 0.3) is 10.8 Å². The van der Waals surface area contributed by atoms with Crippen molar-refractivity contribution in [3.63, 3.8) is 0 Å². The van der Waals surface area contributed by atoms with Crippen molar-refractivity contribution in [2.24, 2.45) is 0 Å². The van der Waals surface area contributed by atoms with Crippen LogP contribution in [0.4, 0.5) is 0 Å². The molecule has 2 unspecified atom stereocenters. The van der Waals surface area contributed by atoms with Gasteiger partial charge in [0.2, 0.25) is 0 Å². The second-order valence-corrected chi connectivity index (χ2v) is 5.68. The van der Waals surface area contributed by atoms with Crippen LogP contribution in [0.2, 0.25) is 0 Å². The molecule has 108 valence electrons. The Balaban J connectivity index is 1.69. The Bertz CT molecular complexity index is 702. The number of hydrogen-bond acceptors (Lipinski definition) is 2. The van der Waals surface area contributed by atoms with Crippen molar-refractivity contribution < 1.29 is 4.42 Å². The maximum Gasteiger partial charge on any atom is 0.105 e. The van der Waals surface area contributed by atoms with Crippen LogP contribution in [0, 0.1) is 0 Å². The van der Waals surface area contributed by atoms with Crippen molar-refractivity contribution in [3.8, 4) is 0 Å². The Morgan fingerprint density at radius 2 is 1.76 bits per heavy atom. The Hall–Kier alpha value is -2.06. The fourth-order valence-corrected chi connectivity index (χ4v) is 2.79. The van der Waals surface area contributed by atoms with Gasteiger partial charge in [-0.2, -0.15) is 0 Å². The zero-order chi connectivity index (χ0) is 14.7. The molecule has 0 saturated carbocycles. The van der Waals surface area contributed by atoms with Crippen LogP contribution in [0.3, 0.4) is 0 Å². The summed E-state index contributed by atoms with van der Waals surface area (Å²) in [6, 6.07) is 19.8. The molecule has 3 aromatic rings. The minimum atomic E-state index is 0.319. The molecule has 1 N–H and O–H groups in total. The summed E-state index contributed by atoms with van der Waals surface area (Å²) in [6.07, 6.45) is 2.64. The highest BCUT2D eigenvalue weighted by Gasteiger charge is 2.11. The molecule has 0 saturated heterocycles. The minimum absolute atomic E-state index is 0.319. The molecule has 0 radical (unpaired) electrons. The molecule has 2 nitrogen and oxygen atoms in total. The highest BCUT2D eigenvalue weighted by Crippen LogP contribution is 2.21. The predicted molar refractivity (Wildman–Crippen MR) is 87.4 cm³/mol. The van der Waals surface area contributed by atoms with E-state index in [2.05, 4.69) is 61.6 Å². The Morgan fingerprint density at radius 3 is 2.52 bits per heavy atom. The highest BCUT2D eigenvalue weighted by molar-refractivity contribution is 5.83. The maximum atomic E-state index is 5.41. The molecule has 0 aliphatic heterocycles. The molecule has 0 aliphatic carbocycles. The van der Waals surface area contributed by atoms with Crippen molar-refractivity contribution in [2.75, 3.05) is 0 Å². The zero-order valence-electron chi connectivity index (χ0n) is 12.5. The van der Waals surface area contributed by atoms with Crippen molar-refractivity contribution in [2.45, 2.75) is 32.4 Å². The quantitative estimate of drug-likeness (QED) is 0.731. The number of nitrogens with one attached hydrogen (secondary N) is 1. The third-order valence-electron chi connectivity index (χ3n) is 3.90. The van der Waals surface area contributed by atoms with Gasteiger partial charge < -0.3 is 9.73 Å². The number of hydrogen-bond donors (Lipinski definition) is 1. The van der Waals surface area contributed by atoms with Crippen LogP contribution in [0.15, 0.2) is 65.3 Å². The largest absolute Gasteiger partial charge is 0.469 e. The molecule has 2 aromatic carbocycles. The normalized spacial score (nSPS) is 14.2. The topological polar surface area (TPSA) is 25.2 Å². The van der Waals surface area contributed by atoms with Gasteiger partial charge in [-0.3, -0.25) is 0 Å². The van der Waals surface area contributed by atoms with Crippen molar-refractivity contribution in [1.29, 1.82) is 0 Å². The Kier molecular flexibility index (Phi) is 4.07. The lowest BCUT2D eigenvalue weighted by Gasteiger charge is -2.20. The van der Waals surface area contributed by atoms with Crippen LogP contribution in [0.5, 0.6) is 0 Å². The van der Waals surface area contributed by atoms with Gasteiger partial charge in [-0.25, -0.2) is 0 Å². The third-order valence-corrected chi connectivity index (χ3v) is 3.90. The van der Waals surface area contributed by atoms with Crippen molar-refractivity contribution in [1.82, 2.24) is 5.32 Å².